The predicted octanol–water partition coefficient (Wildman–Crippen LogP) is 2.07. The van der Waals surface area contributed by atoms with Crippen molar-refractivity contribution in [2.45, 2.75) is 13.0 Å². The Morgan fingerprint density at radius 3 is 3.06 bits per heavy atom. The molecule has 3 heterocycles. The topological polar surface area (TPSA) is 57.7 Å². The van der Waals surface area contributed by atoms with Crippen molar-refractivity contribution >= 4 is 29.0 Å². The first-order chi connectivity index (χ1) is 8.24. The summed E-state index contributed by atoms with van der Waals surface area (Å²) in [5, 5.41) is 0.714. The summed E-state index contributed by atoms with van der Waals surface area (Å²) in [5.74, 6) is 0.667. The van der Waals surface area contributed by atoms with Crippen LogP contribution in [0.1, 0.15) is 11.4 Å². The molecule has 0 spiro atoms. The Bertz CT molecular complexity index is 553. The highest BCUT2D eigenvalue weighted by Crippen LogP contribution is 2.27. The molecule has 0 bridgehead atoms. The second-order valence-corrected chi connectivity index (χ2v) is 4.56. The van der Waals surface area contributed by atoms with Gasteiger partial charge in [-0.1, -0.05) is 11.6 Å². The minimum atomic E-state index is 0.206. The van der Waals surface area contributed by atoms with Crippen molar-refractivity contribution in [2.75, 3.05) is 11.4 Å². The van der Waals surface area contributed by atoms with Crippen LogP contribution in [0, 0.1) is 0 Å². The maximum absolute atomic E-state index is 6.08. The van der Waals surface area contributed by atoms with Gasteiger partial charge >= 0.3 is 0 Å². The van der Waals surface area contributed by atoms with Gasteiger partial charge in [0.15, 0.2) is 5.82 Å². The summed E-state index contributed by atoms with van der Waals surface area (Å²) in [6.07, 6.45) is 4.13. The normalized spacial score (nSPS) is 14.8. The zero-order valence-electron chi connectivity index (χ0n) is 8.82. The van der Waals surface area contributed by atoms with Gasteiger partial charge in [0.05, 0.1) is 24.8 Å². The molecule has 0 aliphatic carbocycles. The van der Waals surface area contributed by atoms with E-state index in [1.807, 2.05) is 0 Å². The molecule has 1 aliphatic heterocycles. The number of anilines is 1. The number of halogens is 2. The van der Waals surface area contributed by atoms with Crippen LogP contribution < -0.4 is 4.90 Å². The SMILES string of the molecule is Clc1ncc(Cl)c(N2CCc3[nH]cnc3C2)n1. The number of H-pyrrole nitrogens is 1. The maximum atomic E-state index is 6.08. The fraction of sp³-hybridized carbons (Fsp3) is 0.300. The van der Waals surface area contributed by atoms with Gasteiger partial charge in [-0.3, -0.25) is 0 Å². The molecule has 0 fully saturated rings. The lowest BCUT2D eigenvalue weighted by molar-refractivity contribution is 0.700. The van der Waals surface area contributed by atoms with Gasteiger partial charge in [0.25, 0.3) is 0 Å². The molecule has 0 amide bonds. The summed E-state index contributed by atoms with van der Waals surface area (Å²) in [6.45, 7) is 1.52. The zero-order chi connectivity index (χ0) is 11.8. The third kappa shape index (κ3) is 1.96. The number of aromatic nitrogens is 4. The van der Waals surface area contributed by atoms with E-state index in [0.29, 0.717) is 17.4 Å². The van der Waals surface area contributed by atoms with E-state index in [2.05, 4.69) is 24.8 Å². The molecule has 0 unspecified atom stereocenters. The monoisotopic (exact) mass is 269 g/mol. The van der Waals surface area contributed by atoms with Crippen LogP contribution in [0.15, 0.2) is 12.5 Å². The van der Waals surface area contributed by atoms with Crippen molar-refractivity contribution in [2.24, 2.45) is 0 Å². The molecule has 2 aromatic rings. The Kier molecular flexibility index (Phi) is 2.64. The van der Waals surface area contributed by atoms with Gasteiger partial charge in [-0.25, -0.2) is 9.97 Å². The number of rotatable bonds is 1. The molecule has 2 aromatic heterocycles. The summed E-state index contributed by atoms with van der Waals surface area (Å²) in [6, 6.07) is 0. The van der Waals surface area contributed by atoms with E-state index in [4.69, 9.17) is 23.2 Å². The van der Waals surface area contributed by atoms with Crippen LogP contribution in [0.25, 0.3) is 0 Å². The molecule has 7 heteroatoms. The van der Waals surface area contributed by atoms with Gasteiger partial charge in [-0.15, -0.1) is 0 Å². The van der Waals surface area contributed by atoms with Crippen molar-refractivity contribution in [3.63, 3.8) is 0 Å². The molecule has 0 radical (unpaired) electrons. The zero-order valence-corrected chi connectivity index (χ0v) is 10.3. The van der Waals surface area contributed by atoms with E-state index in [1.54, 1.807) is 6.33 Å². The molecule has 17 heavy (non-hydrogen) atoms. The average Bonchev–Trinajstić information content (AvgIpc) is 2.79. The number of hydrogen-bond acceptors (Lipinski definition) is 4. The highest BCUT2D eigenvalue weighted by atomic mass is 35.5. The third-order valence-electron chi connectivity index (χ3n) is 2.78. The van der Waals surface area contributed by atoms with Crippen LogP contribution in [-0.2, 0) is 13.0 Å². The Labute approximate surface area is 108 Å². The Hall–Kier alpha value is -1.33. The van der Waals surface area contributed by atoms with E-state index in [1.165, 1.54) is 11.9 Å². The number of hydrogen-bond donors (Lipinski definition) is 1. The summed E-state index contributed by atoms with van der Waals surface area (Å²) < 4.78 is 0. The van der Waals surface area contributed by atoms with E-state index in [-0.39, 0.29) is 5.28 Å². The molecule has 1 aliphatic rings. The van der Waals surface area contributed by atoms with Crippen molar-refractivity contribution in [3.8, 4) is 0 Å². The molecule has 88 valence electrons. The molecule has 3 rings (SSSR count). The number of aromatic amines is 1. The summed E-state index contributed by atoms with van der Waals surface area (Å²) >= 11 is 11.9. The molecule has 0 saturated heterocycles. The van der Waals surface area contributed by atoms with Crippen LogP contribution in [0.2, 0.25) is 10.3 Å². The lowest BCUT2D eigenvalue weighted by Gasteiger charge is -2.27. The van der Waals surface area contributed by atoms with Crippen molar-refractivity contribution in [1.82, 2.24) is 19.9 Å². The molecule has 1 N–H and O–H groups in total. The van der Waals surface area contributed by atoms with E-state index in [0.717, 1.165) is 18.7 Å². The fourth-order valence-electron chi connectivity index (χ4n) is 1.95. The lowest BCUT2D eigenvalue weighted by atomic mass is 10.1. The highest BCUT2D eigenvalue weighted by Gasteiger charge is 2.21. The first-order valence-electron chi connectivity index (χ1n) is 5.18. The van der Waals surface area contributed by atoms with Crippen molar-refractivity contribution in [1.29, 1.82) is 0 Å². The largest absolute Gasteiger partial charge is 0.349 e. The summed E-state index contributed by atoms with van der Waals surface area (Å²) in [4.78, 5) is 17.5. The quantitative estimate of drug-likeness (QED) is 0.806. The fourth-order valence-corrected chi connectivity index (χ4v) is 2.29. The Balaban J connectivity index is 1.94. The molecular formula is C10H9Cl2N5. The van der Waals surface area contributed by atoms with E-state index < -0.39 is 0 Å². The Morgan fingerprint density at radius 2 is 2.18 bits per heavy atom. The van der Waals surface area contributed by atoms with Crippen LogP contribution in [-0.4, -0.2) is 26.5 Å². The first-order valence-corrected chi connectivity index (χ1v) is 5.94. The third-order valence-corrected chi connectivity index (χ3v) is 3.22. The number of nitrogens with one attached hydrogen (secondary N) is 1. The minimum absolute atomic E-state index is 0.206. The van der Waals surface area contributed by atoms with Crippen molar-refractivity contribution in [3.05, 3.63) is 34.2 Å². The predicted molar refractivity (Wildman–Crippen MR) is 65.4 cm³/mol. The molecular weight excluding hydrogens is 261 g/mol. The molecule has 0 aromatic carbocycles. The summed E-state index contributed by atoms with van der Waals surface area (Å²) in [7, 11) is 0. The summed E-state index contributed by atoms with van der Waals surface area (Å²) in [5.41, 5.74) is 2.21. The lowest BCUT2D eigenvalue weighted by Crippen LogP contribution is -2.31. The van der Waals surface area contributed by atoms with Gasteiger partial charge in [0, 0.05) is 18.7 Å². The Morgan fingerprint density at radius 1 is 1.29 bits per heavy atom. The van der Waals surface area contributed by atoms with Crippen LogP contribution in [0.5, 0.6) is 0 Å². The number of nitrogens with zero attached hydrogens (tertiary/aromatic N) is 4. The standard InChI is InChI=1S/C10H9Cl2N5/c11-6-3-13-10(12)16-9(6)17-2-1-7-8(4-17)15-5-14-7/h3,5H,1-2,4H2,(H,14,15). The van der Waals surface area contributed by atoms with Gasteiger partial charge in [-0.2, -0.15) is 4.98 Å². The van der Waals surface area contributed by atoms with Gasteiger partial charge in [0.1, 0.15) is 5.02 Å². The van der Waals surface area contributed by atoms with E-state index >= 15 is 0 Å². The van der Waals surface area contributed by atoms with Gasteiger partial charge in [-0.05, 0) is 11.6 Å². The van der Waals surface area contributed by atoms with Gasteiger partial charge < -0.3 is 9.88 Å². The van der Waals surface area contributed by atoms with Gasteiger partial charge in [0.2, 0.25) is 5.28 Å². The van der Waals surface area contributed by atoms with Crippen molar-refractivity contribution < 1.29 is 0 Å². The average molecular weight is 270 g/mol. The highest BCUT2D eigenvalue weighted by molar-refractivity contribution is 6.33. The first kappa shape index (κ1) is 10.8. The number of fused-ring (bicyclic) bond motifs is 1. The maximum Gasteiger partial charge on any atom is 0.224 e. The minimum Gasteiger partial charge on any atom is -0.349 e. The molecule has 0 saturated carbocycles. The molecule has 5 nitrogen and oxygen atoms in total. The van der Waals surface area contributed by atoms with Crippen LogP contribution in [0.4, 0.5) is 5.82 Å². The number of imidazole rings is 1. The smallest absolute Gasteiger partial charge is 0.224 e. The second kappa shape index (κ2) is 4.16. The van der Waals surface area contributed by atoms with E-state index in [9.17, 15) is 0 Å². The second-order valence-electron chi connectivity index (χ2n) is 3.81. The van der Waals surface area contributed by atoms with Crippen LogP contribution >= 0.6 is 23.2 Å². The van der Waals surface area contributed by atoms with Crippen LogP contribution in [0.3, 0.4) is 0 Å². The molecule has 0 atom stereocenters.